The molecule has 1 aromatic carbocycles. The Hall–Kier alpha value is -3.22. The average molecular weight is 309 g/mol. The number of primary amides is 1. The first-order chi connectivity index (χ1) is 11.0. The molecule has 0 aliphatic carbocycles. The Bertz CT molecular complexity index is 924. The molecule has 3 aromatic rings. The van der Waals surface area contributed by atoms with E-state index in [1.165, 1.54) is 6.20 Å². The third-order valence-electron chi connectivity index (χ3n) is 3.66. The monoisotopic (exact) mass is 309 g/mol. The first kappa shape index (κ1) is 14.7. The molecular formula is C16H15N5O2. The van der Waals surface area contributed by atoms with Gasteiger partial charge in [-0.25, -0.2) is 9.97 Å². The SMILES string of the molecule is COc1cccc(-c2c(N)c(C(N)=O)nc3nccnc23)c1C. The van der Waals surface area contributed by atoms with Crippen molar-refractivity contribution >= 4 is 22.8 Å². The number of nitrogen functional groups attached to an aromatic ring is 1. The van der Waals surface area contributed by atoms with Crippen LogP contribution in [0.5, 0.6) is 5.75 Å². The summed E-state index contributed by atoms with van der Waals surface area (Å²) < 4.78 is 5.35. The van der Waals surface area contributed by atoms with Crippen LogP contribution < -0.4 is 16.2 Å². The van der Waals surface area contributed by atoms with Gasteiger partial charge in [-0.05, 0) is 24.1 Å². The van der Waals surface area contributed by atoms with Crippen molar-refractivity contribution in [1.82, 2.24) is 15.0 Å². The number of methoxy groups -OCH3 is 1. The Labute approximate surface area is 132 Å². The van der Waals surface area contributed by atoms with Crippen LogP contribution in [0.1, 0.15) is 16.1 Å². The van der Waals surface area contributed by atoms with Gasteiger partial charge in [0.15, 0.2) is 11.3 Å². The summed E-state index contributed by atoms with van der Waals surface area (Å²) in [6.45, 7) is 1.90. The quantitative estimate of drug-likeness (QED) is 0.760. The second-order valence-corrected chi connectivity index (χ2v) is 4.97. The predicted octanol–water partition coefficient (Wildman–Crippen LogP) is 1.69. The number of fused-ring (bicyclic) bond motifs is 1. The molecule has 0 atom stereocenters. The van der Waals surface area contributed by atoms with Crippen LogP contribution in [0, 0.1) is 6.92 Å². The number of hydrogen-bond donors (Lipinski definition) is 2. The smallest absolute Gasteiger partial charge is 0.269 e. The second kappa shape index (κ2) is 5.53. The molecule has 0 aliphatic rings. The molecule has 7 nitrogen and oxygen atoms in total. The van der Waals surface area contributed by atoms with Crippen molar-refractivity contribution in [3.63, 3.8) is 0 Å². The Morgan fingerprint density at radius 1 is 1.22 bits per heavy atom. The van der Waals surface area contributed by atoms with Gasteiger partial charge >= 0.3 is 0 Å². The zero-order chi connectivity index (χ0) is 16.6. The second-order valence-electron chi connectivity index (χ2n) is 4.97. The molecule has 0 spiro atoms. The van der Waals surface area contributed by atoms with E-state index in [1.54, 1.807) is 13.3 Å². The van der Waals surface area contributed by atoms with Gasteiger partial charge in [-0.3, -0.25) is 9.78 Å². The number of benzene rings is 1. The fraction of sp³-hybridized carbons (Fsp3) is 0.125. The van der Waals surface area contributed by atoms with Gasteiger partial charge < -0.3 is 16.2 Å². The first-order valence-electron chi connectivity index (χ1n) is 6.88. The highest BCUT2D eigenvalue weighted by atomic mass is 16.5. The normalized spacial score (nSPS) is 10.7. The van der Waals surface area contributed by atoms with Crippen LogP contribution in [0.4, 0.5) is 5.69 Å². The molecule has 0 aliphatic heterocycles. The standard InChI is InChI=1S/C16H15N5O2/c1-8-9(4-3-5-10(8)23-2)11-12(17)14(15(18)22)21-16-13(11)19-6-7-20-16/h3-7H,17H2,1-2H3,(H2,18,22). The maximum atomic E-state index is 11.7. The summed E-state index contributed by atoms with van der Waals surface area (Å²) in [6, 6.07) is 5.56. The van der Waals surface area contributed by atoms with E-state index >= 15 is 0 Å². The van der Waals surface area contributed by atoms with Crippen molar-refractivity contribution in [2.45, 2.75) is 6.92 Å². The molecule has 2 heterocycles. The van der Waals surface area contributed by atoms with E-state index in [0.29, 0.717) is 22.5 Å². The molecule has 2 aromatic heterocycles. The number of ether oxygens (including phenoxy) is 1. The summed E-state index contributed by atoms with van der Waals surface area (Å²) >= 11 is 0. The molecule has 0 radical (unpaired) electrons. The molecule has 23 heavy (non-hydrogen) atoms. The summed E-state index contributed by atoms with van der Waals surface area (Å²) in [5.74, 6) is -0.00627. The van der Waals surface area contributed by atoms with Crippen LogP contribution in [0.2, 0.25) is 0 Å². The highest BCUT2D eigenvalue weighted by Crippen LogP contribution is 2.37. The van der Waals surface area contributed by atoms with Gasteiger partial charge in [-0.1, -0.05) is 12.1 Å². The number of aromatic nitrogens is 3. The Morgan fingerprint density at radius 2 is 1.96 bits per heavy atom. The fourth-order valence-corrected chi connectivity index (χ4v) is 2.57. The highest BCUT2D eigenvalue weighted by molar-refractivity contribution is 6.07. The summed E-state index contributed by atoms with van der Waals surface area (Å²) in [6.07, 6.45) is 3.05. The van der Waals surface area contributed by atoms with Gasteiger partial charge in [0.2, 0.25) is 0 Å². The Kier molecular flexibility index (Phi) is 3.53. The van der Waals surface area contributed by atoms with E-state index in [9.17, 15) is 4.79 Å². The number of amides is 1. The molecule has 3 rings (SSSR count). The average Bonchev–Trinajstić information content (AvgIpc) is 2.55. The number of carbonyl (C=O) groups is 1. The minimum Gasteiger partial charge on any atom is -0.496 e. The number of rotatable bonds is 3. The largest absolute Gasteiger partial charge is 0.496 e. The summed E-state index contributed by atoms with van der Waals surface area (Å²) in [4.78, 5) is 24.3. The Balaban J connectivity index is 2.45. The molecule has 1 amide bonds. The van der Waals surface area contributed by atoms with E-state index in [-0.39, 0.29) is 11.4 Å². The minimum atomic E-state index is -0.711. The lowest BCUT2D eigenvalue weighted by Gasteiger charge is -2.15. The van der Waals surface area contributed by atoms with Gasteiger partial charge in [0, 0.05) is 18.0 Å². The summed E-state index contributed by atoms with van der Waals surface area (Å²) in [5, 5.41) is 0. The molecule has 116 valence electrons. The molecule has 4 N–H and O–H groups in total. The molecule has 0 saturated heterocycles. The van der Waals surface area contributed by atoms with Crippen molar-refractivity contribution in [2.24, 2.45) is 5.73 Å². The van der Waals surface area contributed by atoms with E-state index < -0.39 is 5.91 Å². The number of anilines is 1. The maximum Gasteiger partial charge on any atom is 0.269 e. The molecule has 0 unspecified atom stereocenters. The van der Waals surface area contributed by atoms with Gasteiger partial charge in [-0.2, -0.15) is 0 Å². The van der Waals surface area contributed by atoms with Crippen LogP contribution in [-0.2, 0) is 0 Å². The summed E-state index contributed by atoms with van der Waals surface area (Å²) in [7, 11) is 1.59. The number of nitrogens with zero attached hydrogens (tertiary/aromatic N) is 3. The van der Waals surface area contributed by atoms with Crippen molar-refractivity contribution in [2.75, 3.05) is 12.8 Å². The van der Waals surface area contributed by atoms with Crippen LogP contribution in [0.15, 0.2) is 30.6 Å². The lowest BCUT2D eigenvalue weighted by Crippen LogP contribution is -2.17. The highest BCUT2D eigenvalue weighted by Gasteiger charge is 2.21. The number of nitrogens with two attached hydrogens (primary N) is 2. The topological polar surface area (TPSA) is 117 Å². The van der Waals surface area contributed by atoms with E-state index in [0.717, 1.165) is 11.1 Å². The fourth-order valence-electron chi connectivity index (χ4n) is 2.57. The van der Waals surface area contributed by atoms with Crippen LogP contribution in [-0.4, -0.2) is 28.0 Å². The van der Waals surface area contributed by atoms with Crippen LogP contribution in [0.3, 0.4) is 0 Å². The van der Waals surface area contributed by atoms with Crippen molar-refractivity contribution in [3.8, 4) is 16.9 Å². The molecule has 0 fully saturated rings. The van der Waals surface area contributed by atoms with Gasteiger partial charge in [0.1, 0.15) is 11.3 Å². The van der Waals surface area contributed by atoms with Gasteiger partial charge in [0.25, 0.3) is 5.91 Å². The lowest BCUT2D eigenvalue weighted by molar-refractivity contribution is 0.0997. The van der Waals surface area contributed by atoms with Crippen LogP contribution >= 0.6 is 0 Å². The minimum absolute atomic E-state index is 0.0183. The lowest BCUT2D eigenvalue weighted by atomic mass is 9.97. The molecular weight excluding hydrogens is 294 g/mol. The van der Waals surface area contributed by atoms with Gasteiger partial charge in [0.05, 0.1) is 12.8 Å². The van der Waals surface area contributed by atoms with E-state index in [1.807, 2.05) is 25.1 Å². The zero-order valence-electron chi connectivity index (χ0n) is 12.7. The first-order valence-corrected chi connectivity index (χ1v) is 6.88. The number of carbonyl (C=O) groups excluding carboxylic acids is 1. The summed E-state index contributed by atoms with van der Waals surface area (Å²) in [5.41, 5.74) is 14.8. The van der Waals surface area contributed by atoms with Crippen LogP contribution in [0.25, 0.3) is 22.3 Å². The number of pyridine rings is 1. The third kappa shape index (κ3) is 2.32. The van der Waals surface area contributed by atoms with Crippen molar-refractivity contribution in [3.05, 3.63) is 41.9 Å². The maximum absolute atomic E-state index is 11.7. The molecule has 0 saturated carbocycles. The third-order valence-corrected chi connectivity index (χ3v) is 3.66. The molecule has 0 bridgehead atoms. The number of hydrogen-bond acceptors (Lipinski definition) is 6. The predicted molar refractivity (Wildman–Crippen MR) is 87.0 cm³/mol. The van der Waals surface area contributed by atoms with Crippen molar-refractivity contribution in [1.29, 1.82) is 0 Å². The van der Waals surface area contributed by atoms with E-state index in [4.69, 9.17) is 16.2 Å². The van der Waals surface area contributed by atoms with Gasteiger partial charge in [-0.15, -0.1) is 0 Å². The zero-order valence-corrected chi connectivity index (χ0v) is 12.7. The van der Waals surface area contributed by atoms with Crippen molar-refractivity contribution < 1.29 is 9.53 Å². The van der Waals surface area contributed by atoms with E-state index in [2.05, 4.69) is 15.0 Å². The Morgan fingerprint density at radius 3 is 2.65 bits per heavy atom. The molecule has 7 heteroatoms.